The van der Waals surface area contributed by atoms with E-state index in [9.17, 15) is 9.59 Å². The highest BCUT2D eigenvalue weighted by Gasteiger charge is 2.32. The lowest BCUT2D eigenvalue weighted by Gasteiger charge is -2.38. The van der Waals surface area contributed by atoms with Gasteiger partial charge in [-0.05, 0) is 25.2 Å². The number of carbonyl (C=O) groups excluding carboxylic acids is 2. The quantitative estimate of drug-likeness (QED) is 0.841. The van der Waals surface area contributed by atoms with Gasteiger partial charge in [0, 0.05) is 11.9 Å². The number of amides is 1. The molecule has 1 aromatic rings. The lowest BCUT2D eigenvalue weighted by Crippen LogP contribution is -2.40. The standard InChI is InChI=1S/C13H18N2O3S/c1-3-18-12(17)11-15-9(7-19-11)10(16)14-8-13(2)5-4-6-13/h7H,3-6,8H2,1-2H3,(H,14,16). The van der Waals surface area contributed by atoms with E-state index in [2.05, 4.69) is 17.2 Å². The summed E-state index contributed by atoms with van der Waals surface area (Å²) in [5.74, 6) is -0.697. The fourth-order valence-electron chi connectivity index (χ4n) is 2.01. The highest BCUT2D eigenvalue weighted by Crippen LogP contribution is 2.39. The van der Waals surface area contributed by atoms with E-state index in [-0.39, 0.29) is 22.0 Å². The molecule has 6 heteroatoms. The molecule has 19 heavy (non-hydrogen) atoms. The molecule has 1 aromatic heterocycles. The minimum atomic E-state index is -0.475. The summed E-state index contributed by atoms with van der Waals surface area (Å²) in [7, 11) is 0. The fourth-order valence-corrected chi connectivity index (χ4v) is 2.70. The number of thiazole rings is 1. The van der Waals surface area contributed by atoms with Crippen LogP contribution in [-0.2, 0) is 4.74 Å². The second kappa shape index (κ2) is 5.69. The largest absolute Gasteiger partial charge is 0.461 e. The molecule has 1 heterocycles. The van der Waals surface area contributed by atoms with E-state index in [1.54, 1.807) is 12.3 Å². The average molecular weight is 282 g/mol. The SMILES string of the molecule is CCOC(=O)c1nc(C(=O)NCC2(C)CCC2)cs1. The number of aromatic nitrogens is 1. The zero-order valence-corrected chi connectivity index (χ0v) is 12.0. The molecule has 2 rings (SSSR count). The molecule has 0 radical (unpaired) electrons. The van der Waals surface area contributed by atoms with Crippen molar-refractivity contribution in [2.75, 3.05) is 13.2 Å². The third-order valence-electron chi connectivity index (χ3n) is 3.42. The van der Waals surface area contributed by atoms with Crippen molar-refractivity contribution in [3.05, 3.63) is 16.1 Å². The predicted molar refractivity (Wildman–Crippen MR) is 72.4 cm³/mol. The van der Waals surface area contributed by atoms with Gasteiger partial charge >= 0.3 is 5.97 Å². The van der Waals surface area contributed by atoms with Crippen LogP contribution in [0.15, 0.2) is 5.38 Å². The van der Waals surface area contributed by atoms with Crippen molar-refractivity contribution in [2.45, 2.75) is 33.1 Å². The Morgan fingerprint density at radius 2 is 2.26 bits per heavy atom. The van der Waals surface area contributed by atoms with Crippen LogP contribution in [0.1, 0.15) is 53.4 Å². The lowest BCUT2D eigenvalue weighted by atomic mass is 9.70. The lowest BCUT2D eigenvalue weighted by molar-refractivity contribution is 0.0526. The maximum absolute atomic E-state index is 11.9. The molecule has 0 spiro atoms. The number of ether oxygens (including phenoxy) is 1. The number of esters is 1. The molecule has 0 bridgehead atoms. The van der Waals surface area contributed by atoms with Gasteiger partial charge in [-0.15, -0.1) is 11.3 Å². The summed E-state index contributed by atoms with van der Waals surface area (Å²) in [5.41, 5.74) is 0.520. The third kappa shape index (κ3) is 3.32. The average Bonchev–Trinajstić information content (AvgIpc) is 2.83. The van der Waals surface area contributed by atoms with Gasteiger partial charge in [-0.2, -0.15) is 0 Å². The van der Waals surface area contributed by atoms with Gasteiger partial charge in [-0.1, -0.05) is 13.3 Å². The number of hydrogen-bond acceptors (Lipinski definition) is 5. The van der Waals surface area contributed by atoms with E-state index < -0.39 is 5.97 Å². The van der Waals surface area contributed by atoms with Gasteiger partial charge in [0.05, 0.1) is 6.61 Å². The van der Waals surface area contributed by atoms with Crippen molar-refractivity contribution in [1.82, 2.24) is 10.3 Å². The van der Waals surface area contributed by atoms with Gasteiger partial charge in [-0.3, -0.25) is 4.79 Å². The zero-order valence-electron chi connectivity index (χ0n) is 11.2. The van der Waals surface area contributed by atoms with Crippen molar-refractivity contribution in [3.8, 4) is 0 Å². The molecular weight excluding hydrogens is 264 g/mol. The van der Waals surface area contributed by atoms with Crippen LogP contribution >= 0.6 is 11.3 Å². The third-order valence-corrected chi connectivity index (χ3v) is 4.25. The van der Waals surface area contributed by atoms with Crippen LogP contribution in [0.25, 0.3) is 0 Å². The zero-order chi connectivity index (χ0) is 13.9. The van der Waals surface area contributed by atoms with Crippen LogP contribution in [0.2, 0.25) is 0 Å². The van der Waals surface area contributed by atoms with Crippen molar-refractivity contribution in [2.24, 2.45) is 5.41 Å². The van der Waals surface area contributed by atoms with E-state index in [0.717, 1.165) is 24.2 Å². The van der Waals surface area contributed by atoms with Crippen molar-refractivity contribution < 1.29 is 14.3 Å². The minimum Gasteiger partial charge on any atom is -0.461 e. The Hall–Kier alpha value is -1.43. The summed E-state index contributed by atoms with van der Waals surface area (Å²) >= 11 is 1.13. The molecule has 1 N–H and O–H groups in total. The first kappa shape index (κ1) is 14.0. The summed E-state index contributed by atoms with van der Waals surface area (Å²) in [6, 6.07) is 0. The molecule has 0 atom stereocenters. The smallest absolute Gasteiger partial charge is 0.367 e. The first-order valence-corrected chi connectivity index (χ1v) is 7.33. The summed E-state index contributed by atoms with van der Waals surface area (Å²) < 4.78 is 4.84. The van der Waals surface area contributed by atoms with Crippen molar-refractivity contribution in [3.63, 3.8) is 0 Å². The summed E-state index contributed by atoms with van der Waals surface area (Å²) in [6.07, 6.45) is 3.53. The second-order valence-electron chi connectivity index (χ2n) is 5.11. The van der Waals surface area contributed by atoms with Crippen LogP contribution in [0.5, 0.6) is 0 Å². The van der Waals surface area contributed by atoms with E-state index in [1.807, 2.05) is 0 Å². The van der Waals surface area contributed by atoms with E-state index >= 15 is 0 Å². The Labute approximate surface area is 116 Å². The predicted octanol–water partition coefficient (Wildman–Crippen LogP) is 2.24. The Kier molecular flexibility index (Phi) is 4.19. The molecule has 104 valence electrons. The molecular formula is C13H18N2O3S. The van der Waals surface area contributed by atoms with Crippen LogP contribution in [-0.4, -0.2) is 30.0 Å². The topological polar surface area (TPSA) is 68.3 Å². The van der Waals surface area contributed by atoms with Gasteiger partial charge in [-0.25, -0.2) is 9.78 Å². The van der Waals surface area contributed by atoms with Crippen molar-refractivity contribution in [1.29, 1.82) is 0 Å². The Bertz CT molecular complexity index is 480. The molecule has 0 saturated heterocycles. The molecule has 0 aliphatic heterocycles. The molecule has 0 aromatic carbocycles. The first-order valence-electron chi connectivity index (χ1n) is 6.45. The van der Waals surface area contributed by atoms with Crippen molar-refractivity contribution >= 4 is 23.2 Å². The number of nitrogens with zero attached hydrogens (tertiary/aromatic N) is 1. The number of nitrogens with one attached hydrogen (secondary N) is 1. The van der Waals surface area contributed by atoms with E-state index in [0.29, 0.717) is 13.2 Å². The number of carbonyl (C=O) groups is 2. The monoisotopic (exact) mass is 282 g/mol. The van der Waals surface area contributed by atoms with Gasteiger partial charge < -0.3 is 10.1 Å². The Morgan fingerprint density at radius 3 is 2.84 bits per heavy atom. The summed E-state index contributed by atoms with van der Waals surface area (Å²) in [5, 5.41) is 4.69. The summed E-state index contributed by atoms with van der Waals surface area (Å²) in [4.78, 5) is 27.4. The Morgan fingerprint density at radius 1 is 1.53 bits per heavy atom. The van der Waals surface area contributed by atoms with Crippen LogP contribution in [0, 0.1) is 5.41 Å². The number of rotatable bonds is 5. The molecule has 1 saturated carbocycles. The molecule has 1 fully saturated rings. The van der Waals surface area contributed by atoms with Crippen LogP contribution in [0.4, 0.5) is 0 Å². The van der Waals surface area contributed by atoms with E-state index in [1.165, 1.54) is 6.42 Å². The normalized spacial score (nSPS) is 16.5. The molecule has 0 unspecified atom stereocenters. The molecule has 1 aliphatic rings. The van der Waals surface area contributed by atoms with Crippen LogP contribution < -0.4 is 5.32 Å². The second-order valence-corrected chi connectivity index (χ2v) is 5.96. The molecule has 1 aliphatic carbocycles. The van der Waals surface area contributed by atoms with Gasteiger partial charge in [0.1, 0.15) is 5.69 Å². The van der Waals surface area contributed by atoms with Gasteiger partial charge in [0.15, 0.2) is 0 Å². The highest BCUT2D eigenvalue weighted by atomic mass is 32.1. The molecule has 5 nitrogen and oxygen atoms in total. The van der Waals surface area contributed by atoms with Gasteiger partial charge in [0.2, 0.25) is 5.01 Å². The summed E-state index contributed by atoms with van der Waals surface area (Å²) in [6.45, 7) is 4.87. The molecule has 1 amide bonds. The van der Waals surface area contributed by atoms with E-state index in [4.69, 9.17) is 4.74 Å². The van der Waals surface area contributed by atoms with Crippen LogP contribution in [0.3, 0.4) is 0 Å². The first-order chi connectivity index (χ1) is 9.04. The maximum Gasteiger partial charge on any atom is 0.367 e. The van der Waals surface area contributed by atoms with Gasteiger partial charge in [0.25, 0.3) is 5.91 Å². The number of hydrogen-bond donors (Lipinski definition) is 1. The highest BCUT2D eigenvalue weighted by molar-refractivity contribution is 7.11. The fraction of sp³-hybridized carbons (Fsp3) is 0.615. The Balaban J connectivity index is 1.90. The maximum atomic E-state index is 11.9. The minimum absolute atomic E-state index is 0.222.